The molecule has 0 aliphatic heterocycles. The SMILES string of the molecule is CCn1c(SCc2noc(-c3cccc(C#N)c3)n2)nnc1-c1cccs1. The lowest BCUT2D eigenvalue weighted by atomic mass is 10.1. The molecule has 4 aromatic rings. The number of thioether (sulfide) groups is 1. The number of thiophene rings is 1. The van der Waals surface area contributed by atoms with Crippen molar-refractivity contribution in [2.75, 3.05) is 0 Å². The Labute approximate surface area is 163 Å². The number of rotatable bonds is 6. The van der Waals surface area contributed by atoms with Crippen LogP contribution >= 0.6 is 23.1 Å². The smallest absolute Gasteiger partial charge is 0.257 e. The van der Waals surface area contributed by atoms with Gasteiger partial charge in [-0.3, -0.25) is 0 Å². The molecule has 3 heterocycles. The van der Waals surface area contributed by atoms with Gasteiger partial charge in [0.1, 0.15) is 0 Å². The summed E-state index contributed by atoms with van der Waals surface area (Å²) in [7, 11) is 0. The summed E-state index contributed by atoms with van der Waals surface area (Å²) < 4.78 is 7.41. The van der Waals surface area contributed by atoms with Crippen LogP contribution < -0.4 is 0 Å². The zero-order valence-corrected chi connectivity index (χ0v) is 16.0. The van der Waals surface area contributed by atoms with Gasteiger partial charge in [-0.15, -0.1) is 21.5 Å². The molecule has 0 saturated heterocycles. The summed E-state index contributed by atoms with van der Waals surface area (Å²) in [6, 6.07) is 13.2. The third kappa shape index (κ3) is 3.63. The van der Waals surface area contributed by atoms with Crippen LogP contribution in [0.25, 0.3) is 22.2 Å². The Morgan fingerprint density at radius 3 is 2.96 bits per heavy atom. The van der Waals surface area contributed by atoms with Crippen molar-refractivity contribution >= 4 is 23.1 Å². The first-order chi connectivity index (χ1) is 13.3. The molecule has 1 aromatic carbocycles. The van der Waals surface area contributed by atoms with Crippen LogP contribution in [0.5, 0.6) is 0 Å². The van der Waals surface area contributed by atoms with Crippen molar-refractivity contribution in [3.63, 3.8) is 0 Å². The summed E-state index contributed by atoms with van der Waals surface area (Å²) in [5.74, 6) is 2.36. The normalized spacial score (nSPS) is 10.8. The van der Waals surface area contributed by atoms with Gasteiger partial charge >= 0.3 is 0 Å². The van der Waals surface area contributed by atoms with Crippen molar-refractivity contribution in [1.82, 2.24) is 24.9 Å². The number of hydrogen-bond acceptors (Lipinski definition) is 8. The van der Waals surface area contributed by atoms with E-state index >= 15 is 0 Å². The van der Waals surface area contributed by atoms with E-state index in [1.165, 1.54) is 11.8 Å². The van der Waals surface area contributed by atoms with Gasteiger partial charge in [0.05, 0.1) is 22.3 Å². The van der Waals surface area contributed by atoms with Gasteiger partial charge in [0.25, 0.3) is 5.89 Å². The predicted octanol–water partition coefficient (Wildman–Crippen LogP) is 4.24. The Balaban J connectivity index is 1.50. The minimum absolute atomic E-state index is 0.402. The van der Waals surface area contributed by atoms with Crippen LogP contribution in [-0.2, 0) is 12.3 Å². The van der Waals surface area contributed by atoms with Crippen molar-refractivity contribution < 1.29 is 4.52 Å². The third-order valence-electron chi connectivity index (χ3n) is 3.81. The van der Waals surface area contributed by atoms with Crippen LogP contribution in [0.3, 0.4) is 0 Å². The summed E-state index contributed by atoms with van der Waals surface area (Å²) in [6.45, 7) is 2.85. The second kappa shape index (κ2) is 7.73. The Morgan fingerprint density at radius 2 is 2.19 bits per heavy atom. The summed E-state index contributed by atoms with van der Waals surface area (Å²) in [5, 5.41) is 24.5. The predicted molar refractivity (Wildman–Crippen MR) is 103 cm³/mol. The highest BCUT2D eigenvalue weighted by atomic mass is 32.2. The summed E-state index contributed by atoms with van der Waals surface area (Å²) in [4.78, 5) is 5.51. The van der Waals surface area contributed by atoms with Crippen LogP contribution in [0, 0.1) is 11.3 Å². The van der Waals surface area contributed by atoms with Crippen LogP contribution in [0.2, 0.25) is 0 Å². The van der Waals surface area contributed by atoms with Gasteiger partial charge in [-0.2, -0.15) is 10.2 Å². The molecular formula is C18H14N6OS2. The fourth-order valence-electron chi connectivity index (χ4n) is 2.55. The van der Waals surface area contributed by atoms with E-state index in [0.29, 0.717) is 23.0 Å². The maximum Gasteiger partial charge on any atom is 0.257 e. The van der Waals surface area contributed by atoms with Crippen LogP contribution in [0.4, 0.5) is 0 Å². The first-order valence-electron chi connectivity index (χ1n) is 8.21. The average molecular weight is 394 g/mol. The second-order valence-electron chi connectivity index (χ2n) is 5.52. The Kier molecular flexibility index (Phi) is 5.00. The van der Waals surface area contributed by atoms with E-state index < -0.39 is 0 Å². The van der Waals surface area contributed by atoms with E-state index in [2.05, 4.69) is 37.9 Å². The van der Waals surface area contributed by atoms with Crippen LogP contribution in [0.1, 0.15) is 18.3 Å². The van der Waals surface area contributed by atoms with Gasteiger partial charge in [-0.05, 0) is 36.6 Å². The van der Waals surface area contributed by atoms with E-state index in [1.807, 2.05) is 23.6 Å². The van der Waals surface area contributed by atoms with Gasteiger partial charge < -0.3 is 9.09 Å². The standard InChI is InChI=1S/C18H14N6OS2/c1-2-24-16(14-7-4-8-26-14)21-22-18(24)27-11-15-20-17(25-23-15)13-6-3-5-12(9-13)10-19/h3-9H,2,11H2,1H3. The summed E-state index contributed by atoms with van der Waals surface area (Å²) >= 11 is 3.16. The molecule has 4 rings (SSSR count). The van der Waals surface area contributed by atoms with Crippen molar-refractivity contribution in [3.8, 4) is 28.2 Å². The molecule has 0 aliphatic carbocycles. The highest BCUT2D eigenvalue weighted by Crippen LogP contribution is 2.28. The lowest BCUT2D eigenvalue weighted by Crippen LogP contribution is -1.99. The Bertz CT molecular complexity index is 1090. The van der Waals surface area contributed by atoms with Gasteiger partial charge in [-0.1, -0.05) is 29.1 Å². The number of aromatic nitrogens is 5. The quantitative estimate of drug-likeness (QED) is 0.451. The van der Waals surface area contributed by atoms with E-state index in [4.69, 9.17) is 9.78 Å². The van der Waals surface area contributed by atoms with Crippen molar-refractivity contribution in [2.24, 2.45) is 0 Å². The van der Waals surface area contributed by atoms with Crippen molar-refractivity contribution in [2.45, 2.75) is 24.4 Å². The molecule has 0 saturated carbocycles. The molecule has 0 radical (unpaired) electrons. The van der Waals surface area contributed by atoms with E-state index in [1.54, 1.807) is 29.5 Å². The first-order valence-corrected chi connectivity index (χ1v) is 10.1. The monoisotopic (exact) mass is 394 g/mol. The van der Waals surface area contributed by atoms with Gasteiger partial charge in [0.15, 0.2) is 16.8 Å². The molecule has 0 unspecified atom stereocenters. The number of benzene rings is 1. The number of nitrogens with zero attached hydrogens (tertiary/aromatic N) is 6. The molecule has 0 aliphatic rings. The molecule has 0 atom stereocenters. The second-order valence-corrected chi connectivity index (χ2v) is 7.41. The minimum atomic E-state index is 0.402. The van der Waals surface area contributed by atoms with Gasteiger partial charge in [0, 0.05) is 12.1 Å². The third-order valence-corrected chi connectivity index (χ3v) is 5.64. The fraction of sp³-hybridized carbons (Fsp3) is 0.167. The molecule has 0 fully saturated rings. The molecule has 0 bridgehead atoms. The highest BCUT2D eigenvalue weighted by molar-refractivity contribution is 7.98. The number of nitriles is 1. The summed E-state index contributed by atoms with van der Waals surface area (Å²) in [5.41, 5.74) is 1.29. The van der Waals surface area contributed by atoms with Crippen LogP contribution in [-0.4, -0.2) is 24.9 Å². The lowest BCUT2D eigenvalue weighted by molar-refractivity contribution is 0.425. The molecule has 0 amide bonds. The molecule has 0 spiro atoms. The number of hydrogen-bond donors (Lipinski definition) is 0. The molecule has 3 aromatic heterocycles. The van der Waals surface area contributed by atoms with Crippen molar-refractivity contribution in [3.05, 3.63) is 53.2 Å². The van der Waals surface area contributed by atoms with Gasteiger partial charge in [-0.25, -0.2) is 0 Å². The molecule has 9 heteroatoms. The van der Waals surface area contributed by atoms with E-state index in [9.17, 15) is 0 Å². The summed E-state index contributed by atoms with van der Waals surface area (Å²) in [6.07, 6.45) is 0. The highest BCUT2D eigenvalue weighted by Gasteiger charge is 2.16. The van der Waals surface area contributed by atoms with E-state index in [0.717, 1.165) is 28.0 Å². The largest absolute Gasteiger partial charge is 0.334 e. The van der Waals surface area contributed by atoms with Crippen molar-refractivity contribution in [1.29, 1.82) is 5.26 Å². The maximum atomic E-state index is 9.01. The zero-order valence-electron chi connectivity index (χ0n) is 14.4. The minimum Gasteiger partial charge on any atom is -0.334 e. The fourth-order valence-corrected chi connectivity index (χ4v) is 4.11. The van der Waals surface area contributed by atoms with Gasteiger partial charge in [0.2, 0.25) is 0 Å². The first kappa shape index (κ1) is 17.5. The van der Waals surface area contributed by atoms with Crippen LogP contribution in [0.15, 0.2) is 51.5 Å². The molecule has 134 valence electrons. The topological polar surface area (TPSA) is 93.4 Å². The maximum absolute atomic E-state index is 9.01. The average Bonchev–Trinajstić information content (AvgIpc) is 3.46. The molecule has 27 heavy (non-hydrogen) atoms. The molecular weight excluding hydrogens is 380 g/mol. The molecule has 0 N–H and O–H groups in total. The lowest BCUT2D eigenvalue weighted by Gasteiger charge is -2.04. The Hall–Kier alpha value is -2.96. The van der Waals surface area contributed by atoms with E-state index in [-0.39, 0.29) is 0 Å². The zero-order chi connectivity index (χ0) is 18.6. The molecule has 7 nitrogen and oxygen atoms in total. The Morgan fingerprint density at radius 1 is 1.26 bits per heavy atom.